The molecule has 0 aromatic carbocycles. The van der Waals surface area contributed by atoms with Crippen LogP contribution < -0.4 is 10.0 Å². The van der Waals surface area contributed by atoms with Crippen molar-refractivity contribution in [1.82, 2.24) is 35.0 Å². The summed E-state index contributed by atoms with van der Waals surface area (Å²) in [5.41, 5.74) is 0. The Bertz CT molecular complexity index is 604. The molecular weight excluding hydrogens is 270 g/mol. The van der Waals surface area contributed by atoms with E-state index in [0.717, 1.165) is 0 Å². The molecule has 0 aliphatic carbocycles. The summed E-state index contributed by atoms with van der Waals surface area (Å²) in [6, 6.07) is 0. The summed E-state index contributed by atoms with van der Waals surface area (Å²) < 4.78 is 27.9. The number of hydrogen-bond donors (Lipinski definition) is 3. The van der Waals surface area contributed by atoms with Gasteiger partial charge in [0.25, 0.3) is 0 Å². The Morgan fingerprint density at radius 1 is 1.47 bits per heavy atom. The fraction of sp³-hybridized carbons (Fsp3) is 0.444. The monoisotopic (exact) mass is 285 g/mol. The van der Waals surface area contributed by atoms with Crippen molar-refractivity contribution in [3.05, 3.63) is 24.5 Å². The first-order valence-electron chi connectivity index (χ1n) is 5.63. The van der Waals surface area contributed by atoms with Crippen molar-refractivity contribution in [2.45, 2.75) is 18.0 Å². The summed E-state index contributed by atoms with van der Waals surface area (Å²) in [6.45, 7) is 1.38. The highest BCUT2D eigenvalue weighted by atomic mass is 32.2. The predicted octanol–water partition coefficient (Wildman–Crippen LogP) is -1.30. The number of rotatable bonds is 7. The molecule has 9 nitrogen and oxygen atoms in total. The first-order chi connectivity index (χ1) is 9.12. The van der Waals surface area contributed by atoms with Gasteiger partial charge in [-0.1, -0.05) is 0 Å². The van der Waals surface area contributed by atoms with Gasteiger partial charge < -0.3 is 5.32 Å². The minimum atomic E-state index is -3.58. The van der Waals surface area contributed by atoms with E-state index >= 15 is 0 Å². The fourth-order valence-corrected chi connectivity index (χ4v) is 2.33. The lowest BCUT2D eigenvalue weighted by atomic mass is 10.6. The predicted molar refractivity (Wildman–Crippen MR) is 66.6 cm³/mol. The first kappa shape index (κ1) is 13.6. The zero-order valence-corrected chi connectivity index (χ0v) is 11.2. The molecule has 0 radical (unpaired) electrons. The van der Waals surface area contributed by atoms with E-state index in [0.29, 0.717) is 18.9 Å². The second-order valence-electron chi connectivity index (χ2n) is 3.80. The van der Waals surface area contributed by atoms with E-state index in [1.54, 1.807) is 4.68 Å². The molecule has 19 heavy (non-hydrogen) atoms. The normalized spacial score (nSPS) is 11.8. The highest BCUT2D eigenvalue weighted by Gasteiger charge is 2.16. The van der Waals surface area contributed by atoms with Crippen LogP contribution in [0.2, 0.25) is 0 Å². The van der Waals surface area contributed by atoms with Crippen LogP contribution >= 0.6 is 0 Å². The lowest BCUT2D eigenvalue weighted by molar-refractivity contribution is 0.575. The average Bonchev–Trinajstić information content (AvgIpc) is 3.05. The maximum atomic E-state index is 12.0. The summed E-state index contributed by atoms with van der Waals surface area (Å²) in [4.78, 5) is 3.96. The second kappa shape index (κ2) is 5.91. The van der Waals surface area contributed by atoms with Gasteiger partial charge in [0.15, 0.2) is 0 Å². The van der Waals surface area contributed by atoms with Gasteiger partial charge >= 0.3 is 0 Å². The Morgan fingerprint density at radius 2 is 2.32 bits per heavy atom. The number of aromatic amines is 1. The van der Waals surface area contributed by atoms with Crippen LogP contribution in [-0.2, 0) is 23.1 Å². The van der Waals surface area contributed by atoms with Gasteiger partial charge in [0.2, 0.25) is 10.0 Å². The minimum Gasteiger partial charge on any atom is -0.318 e. The zero-order valence-electron chi connectivity index (χ0n) is 10.4. The molecule has 0 amide bonds. The molecule has 2 aromatic heterocycles. The number of likely N-dealkylation sites (N-methyl/N-ethyl adjacent to an activating group) is 1. The first-order valence-corrected chi connectivity index (χ1v) is 7.11. The van der Waals surface area contributed by atoms with E-state index in [1.807, 2.05) is 7.05 Å². The minimum absolute atomic E-state index is 0.0596. The van der Waals surface area contributed by atoms with Crippen LogP contribution in [0.3, 0.4) is 0 Å². The van der Waals surface area contributed by atoms with Crippen LogP contribution in [-0.4, -0.2) is 47.0 Å². The molecule has 0 aliphatic rings. The Labute approximate surface area is 110 Å². The summed E-state index contributed by atoms with van der Waals surface area (Å²) in [5.74, 6) is 0.450. The van der Waals surface area contributed by atoms with E-state index in [2.05, 4.69) is 30.3 Å². The Hall–Kier alpha value is -1.78. The Morgan fingerprint density at radius 3 is 3.00 bits per heavy atom. The Balaban J connectivity index is 2.00. The van der Waals surface area contributed by atoms with Crippen LogP contribution in [0, 0.1) is 0 Å². The van der Waals surface area contributed by atoms with E-state index in [1.165, 1.54) is 18.7 Å². The summed E-state index contributed by atoms with van der Waals surface area (Å²) in [5, 5.41) is 13.2. The molecule has 10 heteroatoms. The van der Waals surface area contributed by atoms with Crippen LogP contribution in [0.5, 0.6) is 0 Å². The lowest BCUT2D eigenvalue weighted by Gasteiger charge is -2.02. The van der Waals surface area contributed by atoms with Gasteiger partial charge in [-0.2, -0.15) is 10.2 Å². The SMILES string of the molecule is CNCCn1cc(S(=O)(=O)NCc2ncn[nH]2)cn1. The average molecular weight is 285 g/mol. The molecule has 2 heterocycles. The van der Waals surface area contributed by atoms with Crippen LogP contribution in [0.4, 0.5) is 0 Å². The van der Waals surface area contributed by atoms with Gasteiger partial charge in [0.05, 0.1) is 19.3 Å². The molecule has 0 saturated heterocycles. The van der Waals surface area contributed by atoms with E-state index in [9.17, 15) is 8.42 Å². The van der Waals surface area contributed by atoms with Crippen molar-refractivity contribution < 1.29 is 8.42 Å². The van der Waals surface area contributed by atoms with Gasteiger partial charge in [0, 0.05) is 12.7 Å². The number of nitrogens with one attached hydrogen (secondary N) is 3. The molecule has 0 atom stereocenters. The number of nitrogens with zero attached hydrogens (tertiary/aromatic N) is 4. The standard InChI is InChI=1S/C9H15N7O2S/c1-10-2-3-16-6-8(4-13-16)19(17,18)14-5-9-11-7-12-15-9/h4,6-7,10,14H,2-3,5H2,1H3,(H,11,12,15). The summed E-state index contributed by atoms with van der Waals surface area (Å²) >= 11 is 0. The van der Waals surface area contributed by atoms with Gasteiger partial charge in [0.1, 0.15) is 17.0 Å². The molecule has 0 aliphatic heterocycles. The number of hydrogen-bond acceptors (Lipinski definition) is 6. The third kappa shape index (κ3) is 3.59. The summed E-state index contributed by atoms with van der Waals surface area (Å²) in [7, 11) is -1.76. The zero-order chi connectivity index (χ0) is 13.7. The van der Waals surface area contributed by atoms with Gasteiger partial charge in [-0.25, -0.2) is 18.1 Å². The lowest BCUT2D eigenvalue weighted by Crippen LogP contribution is -2.23. The van der Waals surface area contributed by atoms with Gasteiger partial charge in [-0.3, -0.25) is 9.78 Å². The molecule has 104 valence electrons. The quantitative estimate of drug-likeness (QED) is 0.582. The largest absolute Gasteiger partial charge is 0.318 e. The van der Waals surface area contributed by atoms with E-state index in [4.69, 9.17) is 0 Å². The van der Waals surface area contributed by atoms with E-state index in [-0.39, 0.29) is 11.4 Å². The molecular formula is C9H15N7O2S. The summed E-state index contributed by atoms with van der Waals surface area (Å²) in [6.07, 6.45) is 4.12. The smallest absolute Gasteiger partial charge is 0.244 e. The van der Waals surface area contributed by atoms with Crippen molar-refractivity contribution in [3.63, 3.8) is 0 Å². The highest BCUT2D eigenvalue weighted by Crippen LogP contribution is 2.07. The molecule has 0 saturated carbocycles. The van der Waals surface area contributed by atoms with Crippen molar-refractivity contribution in [2.24, 2.45) is 0 Å². The highest BCUT2D eigenvalue weighted by molar-refractivity contribution is 7.89. The second-order valence-corrected chi connectivity index (χ2v) is 5.57. The van der Waals surface area contributed by atoms with Crippen molar-refractivity contribution in [2.75, 3.05) is 13.6 Å². The third-order valence-corrected chi connectivity index (χ3v) is 3.76. The maximum Gasteiger partial charge on any atom is 0.244 e. The molecule has 3 N–H and O–H groups in total. The van der Waals surface area contributed by atoms with Crippen molar-refractivity contribution in [3.8, 4) is 0 Å². The molecule has 0 spiro atoms. The molecule has 2 rings (SSSR count). The maximum absolute atomic E-state index is 12.0. The number of sulfonamides is 1. The van der Waals surface area contributed by atoms with E-state index < -0.39 is 10.0 Å². The van der Waals surface area contributed by atoms with Crippen LogP contribution in [0.25, 0.3) is 0 Å². The third-order valence-electron chi connectivity index (χ3n) is 2.41. The van der Waals surface area contributed by atoms with Gasteiger partial charge in [-0.05, 0) is 7.05 Å². The molecule has 2 aromatic rings. The topological polar surface area (TPSA) is 118 Å². The number of H-pyrrole nitrogens is 1. The van der Waals surface area contributed by atoms with Crippen molar-refractivity contribution >= 4 is 10.0 Å². The van der Waals surface area contributed by atoms with Crippen LogP contribution in [0.1, 0.15) is 5.82 Å². The van der Waals surface area contributed by atoms with Crippen molar-refractivity contribution in [1.29, 1.82) is 0 Å². The van der Waals surface area contributed by atoms with Crippen LogP contribution in [0.15, 0.2) is 23.6 Å². The fourth-order valence-electron chi connectivity index (χ4n) is 1.39. The van der Waals surface area contributed by atoms with Gasteiger partial charge in [-0.15, -0.1) is 0 Å². The number of aromatic nitrogens is 5. The Kier molecular flexibility index (Phi) is 4.24. The molecule has 0 bridgehead atoms. The molecule has 0 fully saturated rings. The molecule has 0 unspecified atom stereocenters.